The Kier molecular flexibility index (Phi) is 3.29. The van der Waals surface area contributed by atoms with Crippen molar-refractivity contribution in [2.45, 2.75) is 38.8 Å². The lowest BCUT2D eigenvalue weighted by atomic mass is 9.94. The third-order valence-electron chi connectivity index (χ3n) is 3.00. The van der Waals surface area contributed by atoms with Crippen molar-refractivity contribution in [2.24, 2.45) is 0 Å². The number of methoxy groups -OCH3 is 1. The highest BCUT2D eigenvalue weighted by atomic mass is 16.5. The van der Waals surface area contributed by atoms with Crippen LogP contribution in [0.3, 0.4) is 0 Å². The summed E-state index contributed by atoms with van der Waals surface area (Å²) < 4.78 is 5.40. The lowest BCUT2D eigenvalue weighted by Gasteiger charge is -2.34. The minimum Gasteiger partial charge on any atom is -0.495 e. The molecule has 0 aliphatic carbocycles. The van der Waals surface area contributed by atoms with Crippen LogP contribution in [-0.2, 0) is 0 Å². The zero-order chi connectivity index (χ0) is 12.5. The molecule has 1 atom stereocenters. The molecular formula is C14H22N2O. The fourth-order valence-electron chi connectivity index (χ4n) is 2.37. The molecule has 0 fully saturated rings. The SMILES string of the molecule is COc1cccc2c1NCCC2NC(C)(C)C. The zero-order valence-corrected chi connectivity index (χ0v) is 11.1. The molecule has 0 saturated heterocycles. The van der Waals surface area contributed by atoms with Crippen LogP contribution in [0.15, 0.2) is 18.2 Å². The highest BCUT2D eigenvalue weighted by Crippen LogP contribution is 2.37. The molecule has 0 spiro atoms. The highest BCUT2D eigenvalue weighted by molar-refractivity contribution is 5.64. The first kappa shape index (κ1) is 12.2. The molecular weight excluding hydrogens is 212 g/mol. The van der Waals surface area contributed by atoms with Crippen LogP contribution in [0.5, 0.6) is 5.75 Å². The van der Waals surface area contributed by atoms with E-state index in [1.165, 1.54) is 5.56 Å². The average molecular weight is 234 g/mol. The third kappa shape index (κ3) is 2.72. The van der Waals surface area contributed by atoms with Crippen LogP contribution < -0.4 is 15.4 Å². The molecule has 1 aliphatic rings. The minimum atomic E-state index is 0.127. The maximum absolute atomic E-state index is 5.40. The minimum absolute atomic E-state index is 0.127. The number of nitrogens with one attached hydrogen (secondary N) is 2. The summed E-state index contributed by atoms with van der Waals surface area (Å²) in [6.45, 7) is 7.60. The van der Waals surface area contributed by atoms with Crippen molar-refractivity contribution in [3.63, 3.8) is 0 Å². The Morgan fingerprint density at radius 3 is 2.76 bits per heavy atom. The fraction of sp³-hybridized carbons (Fsp3) is 0.571. The Morgan fingerprint density at radius 1 is 1.35 bits per heavy atom. The van der Waals surface area contributed by atoms with Crippen molar-refractivity contribution < 1.29 is 4.74 Å². The van der Waals surface area contributed by atoms with Crippen molar-refractivity contribution in [3.8, 4) is 5.75 Å². The van der Waals surface area contributed by atoms with Gasteiger partial charge in [0.15, 0.2) is 0 Å². The first-order chi connectivity index (χ1) is 8.01. The summed E-state index contributed by atoms with van der Waals surface area (Å²) in [6.07, 6.45) is 1.11. The van der Waals surface area contributed by atoms with Crippen LogP contribution in [0.2, 0.25) is 0 Å². The molecule has 1 aromatic carbocycles. The van der Waals surface area contributed by atoms with Gasteiger partial charge in [0.1, 0.15) is 5.75 Å². The van der Waals surface area contributed by atoms with Gasteiger partial charge < -0.3 is 15.4 Å². The summed E-state index contributed by atoms with van der Waals surface area (Å²) in [5.41, 5.74) is 2.58. The number of ether oxygens (including phenoxy) is 1. The summed E-state index contributed by atoms with van der Waals surface area (Å²) in [6, 6.07) is 6.64. The Hall–Kier alpha value is -1.22. The van der Waals surface area contributed by atoms with E-state index in [2.05, 4.69) is 43.5 Å². The smallest absolute Gasteiger partial charge is 0.142 e. The number of para-hydroxylation sites is 1. The zero-order valence-electron chi connectivity index (χ0n) is 11.1. The van der Waals surface area contributed by atoms with Crippen molar-refractivity contribution in [1.29, 1.82) is 0 Å². The quantitative estimate of drug-likeness (QED) is 0.825. The molecule has 3 heteroatoms. The number of hydrogen-bond acceptors (Lipinski definition) is 3. The lowest BCUT2D eigenvalue weighted by molar-refractivity contribution is 0.348. The number of hydrogen-bond donors (Lipinski definition) is 2. The van der Waals surface area contributed by atoms with E-state index in [4.69, 9.17) is 4.74 Å². The predicted molar refractivity (Wildman–Crippen MR) is 71.7 cm³/mol. The summed E-state index contributed by atoms with van der Waals surface area (Å²) in [5.74, 6) is 0.933. The van der Waals surface area contributed by atoms with Crippen LogP contribution in [0.25, 0.3) is 0 Å². The summed E-state index contributed by atoms with van der Waals surface area (Å²) in [4.78, 5) is 0. The van der Waals surface area contributed by atoms with Gasteiger partial charge in [-0.1, -0.05) is 12.1 Å². The van der Waals surface area contributed by atoms with Crippen molar-refractivity contribution in [3.05, 3.63) is 23.8 Å². The monoisotopic (exact) mass is 234 g/mol. The van der Waals surface area contributed by atoms with Crippen molar-refractivity contribution in [2.75, 3.05) is 19.0 Å². The van der Waals surface area contributed by atoms with Gasteiger partial charge in [0.25, 0.3) is 0 Å². The number of anilines is 1. The van der Waals surface area contributed by atoms with E-state index >= 15 is 0 Å². The van der Waals surface area contributed by atoms with Gasteiger partial charge in [-0.25, -0.2) is 0 Å². The second-order valence-corrected chi connectivity index (χ2v) is 5.59. The molecule has 2 N–H and O–H groups in total. The predicted octanol–water partition coefficient (Wildman–Crippen LogP) is 2.94. The van der Waals surface area contributed by atoms with Crippen LogP contribution in [-0.4, -0.2) is 19.2 Å². The fourth-order valence-corrected chi connectivity index (χ4v) is 2.37. The summed E-state index contributed by atoms with van der Waals surface area (Å²) >= 11 is 0. The maximum Gasteiger partial charge on any atom is 0.142 e. The average Bonchev–Trinajstić information content (AvgIpc) is 2.27. The first-order valence-corrected chi connectivity index (χ1v) is 6.20. The van der Waals surface area contributed by atoms with Crippen molar-refractivity contribution in [1.82, 2.24) is 5.32 Å². The van der Waals surface area contributed by atoms with Crippen molar-refractivity contribution >= 4 is 5.69 Å². The Morgan fingerprint density at radius 2 is 2.12 bits per heavy atom. The van der Waals surface area contributed by atoms with Gasteiger partial charge in [-0.2, -0.15) is 0 Å². The molecule has 0 aromatic heterocycles. The van der Waals surface area contributed by atoms with Crippen LogP contribution in [0.1, 0.15) is 38.8 Å². The Balaban J connectivity index is 2.31. The summed E-state index contributed by atoms with van der Waals surface area (Å²) in [7, 11) is 1.72. The molecule has 0 radical (unpaired) electrons. The van der Waals surface area contributed by atoms with E-state index in [0.29, 0.717) is 6.04 Å². The maximum atomic E-state index is 5.40. The van der Waals surface area contributed by atoms with Crippen LogP contribution in [0.4, 0.5) is 5.69 Å². The standard InChI is InChI=1S/C14H22N2O/c1-14(2,3)16-11-8-9-15-13-10(11)6-5-7-12(13)17-4/h5-7,11,15-16H,8-9H2,1-4H3. The molecule has 94 valence electrons. The van der Waals surface area contributed by atoms with E-state index in [-0.39, 0.29) is 5.54 Å². The molecule has 1 heterocycles. The van der Waals surface area contributed by atoms with Gasteiger partial charge in [0.2, 0.25) is 0 Å². The molecule has 17 heavy (non-hydrogen) atoms. The normalized spacial score (nSPS) is 19.4. The molecule has 0 saturated carbocycles. The molecule has 0 bridgehead atoms. The van der Waals surface area contributed by atoms with E-state index in [0.717, 1.165) is 24.4 Å². The van der Waals surface area contributed by atoms with Gasteiger partial charge in [0.05, 0.1) is 12.8 Å². The van der Waals surface area contributed by atoms with Crippen LogP contribution >= 0.6 is 0 Å². The van der Waals surface area contributed by atoms with E-state index in [1.54, 1.807) is 7.11 Å². The Bertz CT molecular complexity index is 396. The van der Waals surface area contributed by atoms with Gasteiger partial charge >= 0.3 is 0 Å². The second-order valence-electron chi connectivity index (χ2n) is 5.59. The molecule has 0 amide bonds. The van der Waals surface area contributed by atoms with Gasteiger partial charge in [-0.15, -0.1) is 0 Å². The summed E-state index contributed by atoms with van der Waals surface area (Å²) in [5, 5.41) is 7.10. The molecule has 2 rings (SSSR count). The third-order valence-corrected chi connectivity index (χ3v) is 3.00. The van der Waals surface area contributed by atoms with Gasteiger partial charge in [-0.3, -0.25) is 0 Å². The topological polar surface area (TPSA) is 33.3 Å². The largest absolute Gasteiger partial charge is 0.495 e. The molecule has 1 aromatic rings. The van der Waals surface area contributed by atoms with E-state index in [9.17, 15) is 0 Å². The highest BCUT2D eigenvalue weighted by Gasteiger charge is 2.25. The Labute approximate surface area is 104 Å². The van der Waals surface area contributed by atoms with Crippen LogP contribution in [0, 0.1) is 0 Å². The molecule has 1 aliphatic heterocycles. The van der Waals surface area contributed by atoms with Gasteiger partial charge in [0, 0.05) is 18.1 Å². The number of benzene rings is 1. The number of rotatable bonds is 2. The lowest BCUT2D eigenvalue weighted by Crippen LogP contribution is -2.41. The van der Waals surface area contributed by atoms with E-state index in [1.807, 2.05) is 6.07 Å². The molecule has 1 unspecified atom stereocenters. The first-order valence-electron chi connectivity index (χ1n) is 6.20. The van der Waals surface area contributed by atoms with Gasteiger partial charge in [-0.05, 0) is 38.8 Å². The van der Waals surface area contributed by atoms with E-state index < -0.39 is 0 Å². The number of fused-ring (bicyclic) bond motifs is 1. The second kappa shape index (κ2) is 4.57. The molecule has 3 nitrogen and oxygen atoms in total.